The summed E-state index contributed by atoms with van der Waals surface area (Å²) in [5.41, 5.74) is 7.67. The summed E-state index contributed by atoms with van der Waals surface area (Å²) >= 11 is 5.05. The molecular formula is C14H20N4OS. The molecule has 108 valence electrons. The first-order valence-electron chi connectivity index (χ1n) is 6.59. The van der Waals surface area contributed by atoms with Crippen LogP contribution in [0.3, 0.4) is 0 Å². The van der Waals surface area contributed by atoms with E-state index in [0.717, 1.165) is 16.9 Å². The van der Waals surface area contributed by atoms with Gasteiger partial charge in [-0.3, -0.25) is 4.90 Å². The van der Waals surface area contributed by atoms with Gasteiger partial charge in [-0.2, -0.15) is 0 Å². The van der Waals surface area contributed by atoms with Crippen LogP contribution in [0.25, 0.3) is 11.0 Å². The number of imidazole rings is 1. The quantitative estimate of drug-likeness (QED) is 0.786. The molecule has 2 rings (SSSR count). The molecule has 20 heavy (non-hydrogen) atoms. The van der Waals surface area contributed by atoms with E-state index in [1.165, 1.54) is 0 Å². The molecule has 5 nitrogen and oxygen atoms in total. The molecule has 0 fully saturated rings. The topological polar surface area (TPSA) is 67.3 Å². The van der Waals surface area contributed by atoms with E-state index in [1.807, 2.05) is 31.3 Å². The van der Waals surface area contributed by atoms with Gasteiger partial charge in [0, 0.05) is 6.54 Å². The Hall–Kier alpha value is -1.50. The van der Waals surface area contributed by atoms with Gasteiger partial charge in [-0.1, -0.05) is 24.4 Å². The second kappa shape index (κ2) is 6.30. The van der Waals surface area contributed by atoms with E-state index in [2.05, 4.69) is 16.4 Å². The molecule has 0 spiro atoms. The smallest absolute Gasteiger partial charge is 0.127 e. The van der Waals surface area contributed by atoms with Crippen molar-refractivity contribution in [2.75, 3.05) is 20.2 Å². The van der Waals surface area contributed by atoms with Crippen molar-refractivity contribution in [1.29, 1.82) is 0 Å². The highest BCUT2D eigenvalue weighted by Gasteiger charge is 2.19. The van der Waals surface area contributed by atoms with Crippen molar-refractivity contribution in [1.82, 2.24) is 14.5 Å². The summed E-state index contributed by atoms with van der Waals surface area (Å²) in [4.78, 5) is 7.18. The maximum atomic E-state index is 9.08. The number of nitrogens with two attached hydrogens (primary N) is 1. The molecule has 0 saturated heterocycles. The number of nitrogens with zero attached hydrogens (tertiary/aromatic N) is 3. The van der Waals surface area contributed by atoms with E-state index in [0.29, 0.717) is 18.1 Å². The number of aliphatic hydroxyl groups excluding tert-OH is 1. The first-order valence-corrected chi connectivity index (χ1v) is 7.00. The Morgan fingerprint density at radius 3 is 2.85 bits per heavy atom. The first kappa shape index (κ1) is 14.9. The van der Waals surface area contributed by atoms with E-state index in [4.69, 9.17) is 28.0 Å². The summed E-state index contributed by atoms with van der Waals surface area (Å²) in [6.07, 6.45) is 0. The Kier molecular flexibility index (Phi) is 4.69. The fraction of sp³-hybridized carbons (Fsp3) is 0.429. The van der Waals surface area contributed by atoms with Crippen LogP contribution in [0, 0.1) is 0 Å². The van der Waals surface area contributed by atoms with Gasteiger partial charge in [0.1, 0.15) is 5.82 Å². The molecule has 0 radical (unpaired) electrons. The molecule has 1 atom stereocenters. The highest BCUT2D eigenvalue weighted by Crippen LogP contribution is 2.23. The molecule has 0 aliphatic heterocycles. The number of hydrogen-bond donors (Lipinski definition) is 2. The Labute approximate surface area is 124 Å². The van der Waals surface area contributed by atoms with Gasteiger partial charge in [0.15, 0.2) is 0 Å². The number of hydrogen-bond acceptors (Lipinski definition) is 4. The van der Waals surface area contributed by atoms with Gasteiger partial charge < -0.3 is 15.4 Å². The van der Waals surface area contributed by atoms with Crippen molar-refractivity contribution in [2.24, 2.45) is 5.73 Å². The zero-order valence-electron chi connectivity index (χ0n) is 11.8. The maximum absolute atomic E-state index is 9.08. The van der Waals surface area contributed by atoms with Crippen molar-refractivity contribution in [3.05, 3.63) is 30.1 Å². The molecule has 1 aromatic heterocycles. The number of likely N-dealkylation sites (N-methyl/N-ethyl adjacent to an activating group) is 1. The van der Waals surface area contributed by atoms with Crippen LogP contribution >= 0.6 is 12.2 Å². The second-order valence-electron chi connectivity index (χ2n) is 4.89. The third kappa shape index (κ3) is 2.98. The molecule has 3 N–H and O–H groups in total. The predicted molar refractivity (Wildman–Crippen MR) is 84.6 cm³/mol. The van der Waals surface area contributed by atoms with Gasteiger partial charge in [0.2, 0.25) is 0 Å². The SMILES string of the molecule is CC(c1nc2ccccc2n1CC(N)=S)N(C)CCO. The second-order valence-corrected chi connectivity index (χ2v) is 5.42. The number of thiocarbonyl (C=S) groups is 1. The van der Waals surface area contributed by atoms with Crippen LogP contribution in [0.5, 0.6) is 0 Å². The lowest BCUT2D eigenvalue weighted by Gasteiger charge is -2.24. The normalized spacial score (nSPS) is 13.0. The third-order valence-electron chi connectivity index (χ3n) is 3.49. The molecule has 0 aliphatic carbocycles. The zero-order valence-corrected chi connectivity index (χ0v) is 12.6. The van der Waals surface area contributed by atoms with E-state index in [-0.39, 0.29) is 12.6 Å². The first-order chi connectivity index (χ1) is 9.54. The number of rotatable bonds is 6. The standard InChI is InChI=1S/C14H20N4OS/c1-10(17(2)7-8-19)14-16-11-5-3-4-6-12(11)18(14)9-13(15)20/h3-6,10,19H,7-9H2,1-2H3,(H2,15,20). The number of benzene rings is 1. The predicted octanol–water partition coefficient (Wildman–Crippen LogP) is 1.31. The van der Waals surface area contributed by atoms with E-state index < -0.39 is 0 Å². The van der Waals surface area contributed by atoms with Crippen molar-refractivity contribution in [2.45, 2.75) is 19.5 Å². The fourth-order valence-corrected chi connectivity index (χ4v) is 2.41. The Morgan fingerprint density at radius 2 is 2.20 bits per heavy atom. The van der Waals surface area contributed by atoms with Crippen LogP contribution < -0.4 is 5.73 Å². The van der Waals surface area contributed by atoms with Gasteiger partial charge in [-0.15, -0.1) is 0 Å². The van der Waals surface area contributed by atoms with E-state index in [1.54, 1.807) is 0 Å². The van der Waals surface area contributed by atoms with Crippen molar-refractivity contribution >= 4 is 28.2 Å². The van der Waals surface area contributed by atoms with E-state index >= 15 is 0 Å². The minimum absolute atomic E-state index is 0.0731. The molecular weight excluding hydrogens is 272 g/mol. The largest absolute Gasteiger partial charge is 0.395 e. The third-order valence-corrected chi connectivity index (χ3v) is 3.61. The van der Waals surface area contributed by atoms with Crippen LogP contribution in [-0.4, -0.2) is 44.7 Å². The average Bonchev–Trinajstić information content (AvgIpc) is 2.76. The van der Waals surface area contributed by atoms with Crippen LogP contribution in [0.2, 0.25) is 0 Å². The van der Waals surface area contributed by atoms with Crippen LogP contribution in [0.1, 0.15) is 18.8 Å². The van der Waals surface area contributed by atoms with Crippen LogP contribution in [0.15, 0.2) is 24.3 Å². The molecule has 6 heteroatoms. The highest BCUT2D eigenvalue weighted by molar-refractivity contribution is 7.80. The Morgan fingerprint density at radius 1 is 1.50 bits per heavy atom. The minimum atomic E-state index is 0.0731. The number of aromatic nitrogens is 2. The number of fused-ring (bicyclic) bond motifs is 1. The zero-order chi connectivity index (χ0) is 14.7. The molecule has 0 bridgehead atoms. The molecule has 1 unspecified atom stereocenters. The van der Waals surface area contributed by atoms with Crippen LogP contribution in [0.4, 0.5) is 0 Å². The van der Waals surface area contributed by atoms with Gasteiger partial charge in [0.25, 0.3) is 0 Å². The summed E-state index contributed by atoms with van der Waals surface area (Å²) < 4.78 is 2.05. The molecule has 2 aromatic rings. The fourth-order valence-electron chi connectivity index (χ4n) is 2.28. The summed E-state index contributed by atoms with van der Waals surface area (Å²) in [6, 6.07) is 8.01. The lowest BCUT2D eigenvalue weighted by atomic mass is 10.2. The van der Waals surface area contributed by atoms with Crippen molar-refractivity contribution in [3.63, 3.8) is 0 Å². The van der Waals surface area contributed by atoms with E-state index in [9.17, 15) is 0 Å². The van der Waals surface area contributed by atoms with Gasteiger partial charge in [0.05, 0.1) is 35.2 Å². The van der Waals surface area contributed by atoms with Crippen LogP contribution in [-0.2, 0) is 6.54 Å². The molecule has 1 heterocycles. The summed E-state index contributed by atoms with van der Waals surface area (Å²) in [5.74, 6) is 0.912. The maximum Gasteiger partial charge on any atom is 0.127 e. The lowest BCUT2D eigenvalue weighted by Crippen LogP contribution is -2.29. The molecule has 0 aliphatic rings. The average molecular weight is 292 g/mol. The van der Waals surface area contributed by atoms with Gasteiger partial charge >= 0.3 is 0 Å². The number of aliphatic hydroxyl groups is 1. The van der Waals surface area contributed by atoms with Gasteiger partial charge in [-0.05, 0) is 26.1 Å². The minimum Gasteiger partial charge on any atom is -0.395 e. The summed E-state index contributed by atoms with van der Waals surface area (Å²) in [6.45, 7) is 3.25. The highest BCUT2D eigenvalue weighted by atomic mass is 32.1. The van der Waals surface area contributed by atoms with Crippen molar-refractivity contribution in [3.8, 4) is 0 Å². The van der Waals surface area contributed by atoms with Gasteiger partial charge in [-0.25, -0.2) is 4.98 Å². The molecule has 1 aromatic carbocycles. The Bertz CT molecular complexity index is 610. The summed E-state index contributed by atoms with van der Waals surface area (Å²) in [7, 11) is 1.96. The lowest BCUT2D eigenvalue weighted by molar-refractivity contribution is 0.183. The molecule has 0 saturated carbocycles. The Balaban J connectivity index is 2.47. The summed E-state index contributed by atoms with van der Waals surface area (Å²) in [5, 5.41) is 9.08. The number of para-hydroxylation sites is 2. The molecule has 0 amide bonds. The van der Waals surface area contributed by atoms with Crippen molar-refractivity contribution < 1.29 is 5.11 Å². The monoisotopic (exact) mass is 292 g/mol.